The minimum Gasteiger partial charge on any atom is -0.310 e. The van der Waals surface area contributed by atoms with Crippen LogP contribution in [0.2, 0.25) is 0 Å². The van der Waals surface area contributed by atoms with E-state index in [4.69, 9.17) is 5.10 Å². The van der Waals surface area contributed by atoms with E-state index in [2.05, 4.69) is 27.2 Å². The van der Waals surface area contributed by atoms with Gasteiger partial charge in [0.1, 0.15) is 0 Å². The van der Waals surface area contributed by atoms with Crippen LogP contribution < -0.4 is 5.32 Å². The minimum absolute atomic E-state index is 0.665. The summed E-state index contributed by atoms with van der Waals surface area (Å²) in [6.45, 7) is 5.75. The summed E-state index contributed by atoms with van der Waals surface area (Å²) in [5, 5.41) is 8.22. The molecule has 0 amide bonds. The summed E-state index contributed by atoms with van der Waals surface area (Å²) in [6.07, 6.45) is 10.3. The average Bonchev–Trinajstić information content (AvgIpc) is 3.15. The summed E-state index contributed by atoms with van der Waals surface area (Å²) in [5.74, 6) is 0. The fraction of sp³-hybridized carbons (Fsp3) is 0.800. The molecule has 0 atom stereocenters. The van der Waals surface area contributed by atoms with Crippen molar-refractivity contribution in [1.82, 2.24) is 20.0 Å². The second-order valence-corrected chi connectivity index (χ2v) is 5.95. The Balaban J connectivity index is 1.37. The summed E-state index contributed by atoms with van der Waals surface area (Å²) in [5.41, 5.74) is 1.19. The molecule has 1 aliphatic carbocycles. The zero-order valence-corrected chi connectivity index (χ0v) is 11.9. The first kappa shape index (κ1) is 13.1. The highest BCUT2D eigenvalue weighted by molar-refractivity contribution is 4.99. The quantitative estimate of drug-likeness (QED) is 0.798. The lowest BCUT2D eigenvalue weighted by Gasteiger charge is -2.14. The lowest BCUT2D eigenvalue weighted by atomic mass is 10.3. The van der Waals surface area contributed by atoms with Gasteiger partial charge in [-0.1, -0.05) is 12.8 Å². The first-order valence-electron chi connectivity index (χ1n) is 7.89. The molecule has 1 aromatic heterocycles. The summed E-state index contributed by atoms with van der Waals surface area (Å²) >= 11 is 0. The number of rotatable bonds is 6. The highest BCUT2D eigenvalue weighted by atomic mass is 15.3. The van der Waals surface area contributed by atoms with E-state index in [0.717, 1.165) is 13.1 Å². The number of nitrogens with zero attached hydrogens (tertiary/aromatic N) is 3. The first-order chi connectivity index (χ1) is 9.42. The van der Waals surface area contributed by atoms with Crippen LogP contribution in [0.25, 0.3) is 0 Å². The Morgan fingerprint density at radius 3 is 2.74 bits per heavy atom. The molecule has 2 aliphatic rings. The van der Waals surface area contributed by atoms with Crippen LogP contribution in [0.5, 0.6) is 0 Å². The van der Waals surface area contributed by atoms with Gasteiger partial charge in [0.05, 0.1) is 11.7 Å². The molecule has 19 heavy (non-hydrogen) atoms. The lowest BCUT2D eigenvalue weighted by molar-refractivity contribution is 0.335. The van der Waals surface area contributed by atoms with Crippen LogP contribution >= 0.6 is 0 Å². The maximum absolute atomic E-state index is 4.70. The maximum Gasteiger partial charge on any atom is 0.0762 e. The van der Waals surface area contributed by atoms with Crippen molar-refractivity contribution >= 4 is 0 Å². The second kappa shape index (κ2) is 6.53. The molecule has 1 saturated heterocycles. The summed E-state index contributed by atoms with van der Waals surface area (Å²) in [4.78, 5) is 2.55. The first-order valence-corrected chi connectivity index (χ1v) is 7.89. The molecule has 1 aromatic rings. The number of aromatic nitrogens is 2. The van der Waals surface area contributed by atoms with Crippen LogP contribution in [0.15, 0.2) is 12.3 Å². The molecule has 0 bridgehead atoms. The molecule has 4 nitrogen and oxygen atoms in total. The predicted molar refractivity (Wildman–Crippen MR) is 77.1 cm³/mol. The third-order valence-corrected chi connectivity index (χ3v) is 4.47. The van der Waals surface area contributed by atoms with E-state index in [9.17, 15) is 0 Å². The topological polar surface area (TPSA) is 33.1 Å². The molecule has 2 fully saturated rings. The highest BCUT2D eigenvalue weighted by Gasteiger charge is 2.17. The zero-order chi connectivity index (χ0) is 12.9. The smallest absolute Gasteiger partial charge is 0.0762 e. The summed E-state index contributed by atoms with van der Waals surface area (Å²) < 4.78 is 2.19. The predicted octanol–water partition coefficient (Wildman–Crippen LogP) is 2.18. The highest BCUT2D eigenvalue weighted by Crippen LogP contribution is 2.28. The molecule has 0 radical (unpaired) electrons. The Morgan fingerprint density at radius 1 is 1.16 bits per heavy atom. The van der Waals surface area contributed by atoms with Crippen molar-refractivity contribution in [3.05, 3.63) is 18.0 Å². The van der Waals surface area contributed by atoms with Gasteiger partial charge in [-0.25, -0.2) is 0 Å². The van der Waals surface area contributed by atoms with Crippen LogP contribution in [0.1, 0.15) is 50.3 Å². The van der Waals surface area contributed by atoms with Crippen molar-refractivity contribution in [2.24, 2.45) is 0 Å². The van der Waals surface area contributed by atoms with E-state index in [1.807, 2.05) is 0 Å². The molecular formula is C15H26N4. The van der Waals surface area contributed by atoms with Gasteiger partial charge in [-0.15, -0.1) is 0 Å². The SMILES string of the molecule is c1cn(C2CCCC2)nc1CNCCN1CCCC1. The normalized spacial score (nSPS) is 21.5. The molecule has 1 aliphatic heterocycles. The molecule has 1 N–H and O–H groups in total. The Labute approximate surface area is 116 Å². The second-order valence-electron chi connectivity index (χ2n) is 5.95. The number of hydrogen-bond acceptors (Lipinski definition) is 3. The molecule has 0 unspecified atom stereocenters. The van der Waals surface area contributed by atoms with Gasteiger partial charge in [-0.05, 0) is 44.8 Å². The molecule has 3 rings (SSSR count). The average molecular weight is 262 g/mol. The molecule has 0 aromatic carbocycles. The van der Waals surface area contributed by atoms with E-state index in [1.54, 1.807) is 0 Å². The van der Waals surface area contributed by atoms with Crippen LogP contribution in [0, 0.1) is 0 Å². The maximum atomic E-state index is 4.70. The van der Waals surface area contributed by atoms with Crippen molar-refractivity contribution in [3.63, 3.8) is 0 Å². The number of hydrogen-bond donors (Lipinski definition) is 1. The van der Waals surface area contributed by atoms with Crippen molar-refractivity contribution in [2.75, 3.05) is 26.2 Å². The van der Waals surface area contributed by atoms with E-state index in [0.29, 0.717) is 6.04 Å². The Kier molecular flexibility index (Phi) is 4.51. The van der Waals surface area contributed by atoms with E-state index < -0.39 is 0 Å². The Bertz CT molecular complexity index is 375. The largest absolute Gasteiger partial charge is 0.310 e. The molecule has 4 heteroatoms. The van der Waals surface area contributed by atoms with Crippen LogP contribution in [0.4, 0.5) is 0 Å². The van der Waals surface area contributed by atoms with E-state index in [1.165, 1.54) is 63.9 Å². The standard InChI is InChI=1S/C15H26N4/c1-2-6-15(5-1)19-11-7-14(17-19)13-16-8-12-18-9-3-4-10-18/h7,11,15-16H,1-6,8-10,12-13H2. The fourth-order valence-corrected chi connectivity index (χ4v) is 3.30. The van der Waals surface area contributed by atoms with Crippen molar-refractivity contribution in [2.45, 2.75) is 51.1 Å². The van der Waals surface area contributed by atoms with Crippen molar-refractivity contribution < 1.29 is 0 Å². The molecule has 2 heterocycles. The van der Waals surface area contributed by atoms with Crippen LogP contribution in [0.3, 0.4) is 0 Å². The molecule has 1 saturated carbocycles. The van der Waals surface area contributed by atoms with Gasteiger partial charge in [-0.2, -0.15) is 5.10 Å². The molecular weight excluding hydrogens is 236 g/mol. The Hall–Kier alpha value is -0.870. The van der Waals surface area contributed by atoms with Crippen molar-refractivity contribution in [3.8, 4) is 0 Å². The van der Waals surface area contributed by atoms with Gasteiger partial charge in [-0.3, -0.25) is 4.68 Å². The van der Waals surface area contributed by atoms with E-state index >= 15 is 0 Å². The Morgan fingerprint density at radius 2 is 1.95 bits per heavy atom. The minimum atomic E-state index is 0.665. The molecule has 106 valence electrons. The van der Waals surface area contributed by atoms with Gasteiger partial charge >= 0.3 is 0 Å². The van der Waals surface area contributed by atoms with Crippen LogP contribution in [-0.4, -0.2) is 40.9 Å². The van der Waals surface area contributed by atoms with Crippen LogP contribution in [-0.2, 0) is 6.54 Å². The summed E-state index contributed by atoms with van der Waals surface area (Å²) in [7, 11) is 0. The monoisotopic (exact) mass is 262 g/mol. The van der Waals surface area contributed by atoms with Crippen molar-refractivity contribution in [1.29, 1.82) is 0 Å². The van der Waals surface area contributed by atoms with Gasteiger partial charge in [0.15, 0.2) is 0 Å². The summed E-state index contributed by atoms with van der Waals surface area (Å²) in [6, 6.07) is 2.83. The van der Waals surface area contributed by atoms with E-state index in [-0.39, 0.29) is 0 Å². The number of nitrogens with one attached hydrogen (secondary N) is 1. The lowest BCUT2D eigenvalue weighted by Crippen LogP contribution is -2.29. The molecule has 0 spiro atoms. The zero-order valence-electron chi connectivity index (χ0n) is 11.9. The van der Waals surface area contributed by atoms with Gasteiger partial charge in [0.25, 0.3) is 0 Å². The number of likely N-dealkylation sites (tertiary alicyclic amines) is 1. The van der Waals surface area contributed by atoms with Gasteiger partial charge in [0, 0.05) is 25.8 Å². The third kappa shape index (κ3) is 3.57. The fourth-order valence-electron chi connectivity index (χ4n) is 3.30. The third-order valence-electron chi connectivity index (χ3n) is 4.47. The van der Waals surface area contributed by atoms with Gasteiger partial charge in [0.2, 0.25) is 0 Å². The van der Waals surface area contributed by atoms with Gasteiger partial charge < -0.3 is 10.2 Å².